The van der Waals surface area contributed by atoms with Gasteiger partial charge in [-0.15, -0.1) is 24.0 Å². The maximum absolute atomic E-state index is 11.5. The normalized spacial score (nSPS) is 19.9. The predicted molar refractivity (Wildman–Crippen MR) is 95.0 cm³/mol. The zero-order valence-electron chi connectivity index (χ0n) is 13.1. The average molecular weight is 409 g/mol. The van der Waals surface area contributed by atoms with Crippen LogP contribution in [0, 0.1) is 11.8 Å². The van der Waals surface area contributed by atoms with E-state index in [0.717, 1.165) is 50.9 Å². The first-order valence-corrected chi connectivity index (χ1v) is 7.85. The molecule has 1 heterocycles. The van der Waals surface area contributed by atoms with Crippen LogP contribution in [0.15, 0.2) is 4.99 Å². The minimum absolute atomic E-state index is 0. The van der Waals surface area contributed by atoms with Gasteiger partial charge in [0.2, 0.25) is 0 Å². The Labute approximate surface area is 144 Å². The number of methoxy groups -OCH3 is 1. The van der Waals surface area contributed by atoms with Gasteiger partial charge in [0.05, 0.1) is 13.0 Å². The highest BCUT2D eigenvalue weighted by atomic mass is 127. The smallest absolute Gasteiger partial charge is 0.308 e. The molecule has 0 radical (unpaired) electrons. The fraction of sp³-hybridized carbons (Fsp3) is 0.867. The molecule has 1 N–H and O–H groups in total. The van der Waals surface area contributed by atoms with E-state index in [9.17, 15) is 4.79 Å². The molecule has 0 atom stereocenters. The first-order valence-electron chi connectivity index (χ1n) is 7.85. The van der Waals surface area contributed by atoms with E-state index in [1.807, 2.05) is 0 Å². The van der Waals surface area contributed by atoms with Gasteiger partial charge in [0, 0.05) is 26.2 Å². The van der Waals surface area contributed by atoms with Crippen LogP contribution in [0.4, 0.5) is 0 Å². The number of likely N-dealkylation sites (tertiary alicyclic amines) is 1. The van der Waals surface area contributed by atoms with Crippen LogP contribution in [0.3, 0.4) is 0 Å². The molecule has 1 saturated carbocycles. The van der Waals surface area contributed by atoms with E-state index < -0.39 is 0 Å². The molecule has 1 aliphatic heterocycles. The second-order valence-electron chi connectivity index (χ2n) is 5.75. The summed E-state index contributed by atoms with van der Waals surface area (Å²) in [5.74, 6) is 1.93. The largest absolute Gasteiger partial charge is 0.469 e. The first-order chi connectivity index (χ1) is 9.74. The standard InChI is InChI=1S/C15H27N3O2.HI/c1-3-16-15(17-9-6-12-4-5-12)18-10-7-13(8-11-18)14(19)20-2;/h12-13H,3-11H2,1-2H3,(H,16,17);1H. The Kier molecular flexibility index (Phi) is 8.36. The number of aliphatic imine (C=N–C) groups is 1. The van der Waals surface area contributed by atoms with Crippen molar-refractivity contribution in [3.63, 3.8) is 0 Å². The molecule has 0 amide bonds. The molecule has 122 valence electrons. The van der Waals surface area contributed by atoms with Crippen molar-refractivity contribution in [1.29, 1.82) is 0 Å². The van der Waals surface area contributed by atoms with Crippen molar-refractivity contribution >= 4 is 35.9 Å². The molecule has 0 bridgehead atoms. The third kappa shape index (κ3) is 6.00. The third-order valence-electron chi connectivity index (χ3n) is 4.16. The maximum atomic E-state index is 11.5. The molecule has 0 aromatic carbocycles. The summed E-state index contributed by atoms with van der Waals surface area (Å²) in [6.45, 7) is 5.67. The van der Waals surface area contributed by atoms with Gasteiger partial charge in [-0.3, -0.25) is 9.79 Å². The average Bonchev–Trinajstić information content (AvgIpc) is 3.30. The number of guanidine groups is 1. The molecule has 0 aromatic heterocycles. The van der Waals surface area contributed by atoms with Gasteiger partial charge in [-0.2, -0.15) is 0 Å². The summed E-state index contributed by atoms with van der Waals surface area (Å²) in [6, 6.07) is 0. The molecular weight excluding hydrogens is 381 g/mol. The number of esters is 1. The topological polar surface area (TPSA) is 53.9 Å². The molecule has 0 spiro atoms. The Balaban J connectivity index is 0.00000220. The Hall–Kier alpha value is -0.530. The lowest BCUT2D eigenvalue weighted by Crippen LogP contribution is -2.46. The summed E-state index contributed by atoms with van der Waals surface area (Å²) in [7, 11) is 1.47. The minimum atomic E-state index is -0.0691. The molecule has 1 saturated heterocycles. The lowest BCUT2D eigenvalue weighted by atomic mass is 9.97. The monoisotopic (exact) mass is 409 g/mol. The highest BCUT2D eigenvalue weighted by Crippen LogP contribution is 2.32. The van der Waals surface area contributed by atoms with Crippen molar-refractivity contribution in [1.82, 2.24) is 10.2 Å². The number of nitrogens with one attached hydrogen (secondary N) is 1. The van der Waals surface area contributed by atoms with Crippen LogP contribution in [0.1, 0.15) is 39.0 Å². The van der Waals surface area contributed by atoms with Crippen molar-refractivity contribution < 1.29 is 9.53 Å². The van der Waals surface area contributed by atoms with Crippen molar-refractivity contribution in [2.75, 3.05) is 33.3 Å². The van der Waals surface area contributed by atoms with Crippen LogP contribution >= 0.6 is 24.0 Å². The van der Waals surface area contributed by atoms with E-state index >= 15 is 0 Å². The van der Waals surface area contributed by atoms with Crippen LogP contribution in [-0.4, -0.2) is 50.1 Å². The fourth-order valence-corrected chi connectivity index (χ4v) is 2.68. The Morgan fingerprint density at radius 2 is 1.95 bits per heavy atom. The zero-order chi connectivity index (χ0) is 14.4. The number of rotatable bonds is 5. The summed E-state index contributed by atoms with van der Waals surface area (Å²) < 4.78 is 4.83. The summed E-state index contributed by atoms with van der Waals surface area (Å²) in [4.78, 5) is 18.5. The second-order valence-corrected chi connectivity index (χ2v) is 5.75. The van der Waals surface area contributed by atoms with E-state index in [1.54, 1.807) is 0 Å². The molecule has 0 aromatic rings. The van der Waals surface area contributed by atoms with Crippen LogP contribution in [0.5, 0.6) is 0 Å². The van der Waals surface area contributed by atoms with Gasteiger partial charge in [-0.1, -0.05) is 12.8 Å². The molecule has 1 aliphatic carbocycles. The van der Waals surface area contributed by atoms with E-state index in [-0.39, 0.29) is 35.9 Å². The zero-order valence-corrected chi connectivity index (χ0v) is 15.5. The van der Waals surface area contributed by atoms with E-state index in [0.29, 0.717) is 0 Å². The first kappa shape index (κ1) is 18.5. The SMILES string of the molecule is CCNC(=NCCC1CC1)N1CCC(C(=O)OC)CC1.I. The molecule has 2 aliphatic rings. The second kappa shape index (κ2) is 9.48. The Morgan fingerprint density at radius 1 is 1.29 bits per heavy atom. The van der Waals surface area contributed by atoms with Gasteiger partial charge < -0.3 is 15.0 Å². The van der Waals surface area contributed by atoms with Crippen molar-refractivity contribution in [2.24, 2.45) is 16.8 Å². The van der Waals surface area contributed by atoms with Crippen LogP contribution < -0.4 is 5.32 Å². The number of halogens is 1. The predicted octanol–water partition coefficient (Wildman–Crippen LogP) is 2.26. The number of nitrogens with zero attached hydrogens (tertiary/aromatic N) is 2. The van der Waals surface area contributed by atoms with E-state index in [1.165, 1.54) is 26.4 Å². The summed E-state index contributed by atoms with van der Waals surface area (Å²) in [6.07, 6.45) is 5.71. The van der Waals surface area contributed by atoms with Crippen LogP contribution in [0.2, 0.25) is 0 Å². The third-order valence-corrected chi connectivity index (χ3v) is 4.16. The maximum Gasteiger partial charge on any atom is 0.308 e. The fourth-order valence-electron chi connectivity index (χ4n) is 2.68. The number of hydrogen-bond donors (Lipinski definition) is 1. The minimum Gasteiger partial charge on any atom is -0.469 e. The number of carbonyl (C=O) groups is 1. The van der Waals surface area contributed by atoms with Gasteiger partial charge in [-0.05, 0) is 32.1 Å². The lowest BCUT2D eigenvalue weighted by molar-refractivity contribution is -0.146. The number of carbonyl (C=O) groups excluding carboxylic acids is 1. The van der Waals surface area contributed by atoms with Gasteiger partial charge in [0.15, 0.2) is 5.96 Å². The molecule has 0 unspecified atom stereocenters. The molecule has 21 heavy (non-hydrogen) atoms. The van der Waals surface area contributed by atoms with E-state index in [2.05, 4.69) is 17.1 Å². The van der Waals surface area contributed by atoms with Crippen molar-refractivity contribution in [3.05, 3.63) is 0 Å². The van der Waals surface area contributed by atoms with Crippen LogP contribution in [0.25, 0.3) is 0 Å². The highest BCUT2D eigenvalue weighted by molar-refractivity contribution is 14.0. The summed E-state index contributed by atoms with van der Waals surface area (Å²) in [5, 5.41) is 3.36. The van der Waals surface area contributed by atoms with Gasteiger partial charge in [-0.25, -0.2) is 0 Å². The van der Waals surface area contributed by atoms with Gasteiger partial charge in [0.1, 0.15) is 0 Å². The lowest BCUT2D eigenvalue weighted by Gasteiger charge is -2.33. The van der Waals surface area contributed by atoms with E-state index in [4.69, 9.17) is 9.73 Å². The quantitative estimate of drug-likeness (QED) is 0.328. The molecule has 2 rings (SSSR count). The van der Waals surface area contributed by atoms with Gasteiger partial charge in [0.25, 0.3) is 0 Å². The Morgan fingerprint density at radius 3 is 2.48 bits per heavy atom. The summed E-state index contributed by atoms with van der Waals surface area (Å²) in [5.41, 5.74) is 0. The summed E-state index contributed by atoms with van der Waals surface area (Å²) >= 11 is 0. The van der Waals surface area contributed by atoms with Crippen LogP contribution in [-0.2, 0) is 9.53 Å². The molecule has 5 nitrogen and oxygen atoms in total. The van der Waals surface area contributed by atoms with Gasteiger partial charge >= 0.3 is 5.97 Å². The number of ether oxygens (including phenoxy) is 1. The van der Waals surface area contributed by atoms with Crippen molar-refractivity contribution in [2.45, 2.75) is 39.0 Å². The number of hydrogen-bond acceptors (Lipinski definition) is 3. The highest BCUT2D eigenvalue weighted by Gasteiger charge is 2.27. The molecular formula is C15H28IN3O2. The molecule has 6 heteroatoms. The van der Waals surface area contributed by atoms with Crippen molar-refractivity contribution in [3.8, 4) is 0 Å². The molecule has 2 fully saturated rings. The number of piperidine rings is 1. The Bertz CT molecular complexity index is 351.